The second-order valence-corrected chi connectivity index (χ2v) is 4.27. The van der Waals surface area contributed by atoms with Crippen molar-refractivity contribution in [3.8, 4) is 0 Å². The van der Waals surface area contributed by atoms with Gasteiger partial charge in [-0.1, -0.05) is 0 Å². The van der Waals surface area contributed by atoms with E-state index in [1.54, 1.807) is 11.7 Å². The van der Waals surface area contributed by atoms with Gasteiger partial charge in [-0.2, -0.15) is 5.10 Å². The van der Waals surface area contributed by atoms with Gasteiger partial charge in [0.25, 0.3) is 0 Å². The molecule has 0 saturated carbocycles. The number of nitrogens with one attached hydrogen (secondary N) is 1. The molecule has 1 atom stereocenters. The van der Waals surface area contributed by atoms with Crippen LogP contribution in [0.5, 0.6) is 0 Å². The molecule has 2 heterocycles. The van der Waals surface area contributed by atoms with Crippen LogP contribution in [0.3, 0.4) is 0 Å². The van der Waals surface area contributed by atoms with Crippen LogP contribution < -0.4 is 5.32 Å². The molecule has 0 radical (unpaired) electrons. The first-order chi connectivity index (χ1) is 7.68. The van der Waals surface area contributed by atoms with Crippen molar-refractivity contribution in [2.75, 3.05) is 13.1 Å². The molecule has 88 valence electrons. The lowest BCUT2D eigenvalue weighted by molar-refractivity contribution is -0.385. The van der Waals surface area contributed by atoms with Gasteiger partial charge in [0.2, 0.25) is 0 Å². The Labute approximate surface area is 93.8 Å². The summed E-state index contributed by atoms with van der Waals surface area (Å²) in [7, 11) is 1.76. The molecule has 0 spiro atoms. The van der Waals surface area contributed by atoms with E-state index in [2.05, 4.69) is 10.4 Å². The highest BCUT2D eigenvalue weighted by Crippen LogP contribution is 2.23. The Kier molecular flexibility index (Phi) is 3.19. The molecule has 1 N–H and O–H groups in total. The molecule has 2 rings (SSSR count). The lowest BCUT2D eigenvalue weighted by Gasteiger charge is -2.22. The number of aryl methyl sites for hydroxylation is 1. The number of hydrogen-bond acceptors (Lipinski definition) is 4. The monoisotopic (exact) mass is 224 g/mol. The maximum atomic E-state index is 10.8. The largest absolute Gasteiger partial charge is 0.316 e. The van der Waals surface area contributed by atoms with Crippen LogP contribution in [0.2, 0.25) is 0 Å². The zero-order valence-corrected chi connectivity index (χ0v) is 9.35. The number of rotatable bonds is 3. The smallest absolute Gasteiger partial charge is 0.310 e. The van der Waals surface area contributed by atoms with E-state index in [-0.39, 0.29) is 10.6 Å². The molecule has 0 bridgehead atoms. The summed E-state index contributed by atoms with van der Waals surface area (Å²) in [6.07, 6.45) is 4.36. The third-order valence-corrected chi connectivity index (χ3v) is 3.12. The van der Waals surface area contributed by atoms with Crippen LogP contribution in [-0.4, -0.2) is 27.8 Å². The van der Waals surface area contributed by atoms with E-state index >= 15 is 0 Å². The van der Waals surface area contributed by atoms with Gasteiger partial charge in [-0.05, 0) is 31.8 Å². The molecule has 1 aromatic rings. The topological polar surface area (TPSA) is 73.0 Å². The second kappa shape index (κ2) is 4.61. The van der Waals surface area contributed by atoms with Crippen LogP contribution in [-0.2, 0) is 13.5 Å². The van der Waals surface area contributed by atoms with Gasteiger partial charge in [-0.25, -0.2) is 0 Å². The van der Waals surface area contributed by atoms with Crippen LogP contribution in [0, 0.1) is 16.0 Å². The van der Waals surface area contributed by atoms with Gasteiger partial charge in [-0.3, -0.25) is 14.8 Å². The lowest BCUT2D eigenvalue weighted by atomic mass is 9.94. The van der Waals surface area contributed by atoms with Crippen molar-refractivity contribution in [2.24, 2.45) is 13.0 Å². The zero-order valence-electron chi connectivity index (χ0n) is 9.35. The zero-order chi connectivity index (χ0) is 11.5. The summed E-state index contributed by atoms with van der Waals surface area (Å²) in [6, 6.07) is 0. The van der Waals surface area contributed by atoms with E-state index < -0.39 is 0 Å². The second-order valence-electron chi connectivity index (χ2n) is 4.27. The number of piperidine rings is 1. The fraction of sp³-hybridized carbons (Fsp3) is 0.700. The van der Waals surface area contributed by atoms with Crippen molar-refractivity contribution < 1.29 is 4.92 Å². The van der Waals surface area contributed by atoms with E-state index in [4.69, 9.17) is 0 Å². The number of nitrogens with zero attached hydrogens (tertiary/aromatic N) is 3. The Morgan fingerprint density at radius 3 is 3.19 bits per heavy atom. The summed E-state index contributed by atoms with van der Waals surface area (Å²) in [5.74, 6) is 0.489. The normalized spacial score (nSPS) is 20.9. The lowest BCUT2D eigenvalue weighted by Crippen LogP contribution is -2.31. The Balaban J connectivity index is 2.12. The fourth-order valence-corrected chi connectivity index (χ4v) is 2.21. The fourth-order valence-electron chi connectivity index (χ4n) is 2.21. The molecule has 0 aliphatic carbocycles. The van der Waals surface area contributed by atoms with E-state index in [1.807, 2.05) is 0 Å². The van der Waals surface area contributed by atoms with Crippen molar-refractivity contribution in [1.82, 2.24) is 15.1 Å². The molecule has 1 fully saturated rings. The minimum absolute atomic E-state index is 0.146. The van der Waals surface area contributed by atoms with Crippen molar-refractivity contribution in [1.29, 1.82) is 0 Å². The van der Waals surface area contributed by atoms with E-state index in [9.17, 15) is 10.1 Å². The highest BCUT2D eigenvalue weighted by atomic mass is 16.6. The molecule has 0 amide bonds. The minimum Gasteiger partial charge on any atom is -0.316 e. The predicted octanol–water partition coefficient (Wildman–Crippen LogP) is 0.870. The SMILES string of the molecule is Cn1ncc([N+](=O)[O-])c1CC1CCCNC1. The first kappa shape index (κ1) is 11.1. The molecule has 1 unspecified atom stereocenters. The maximum Gasteiger partial charge on any atom is 0.310 e. The van der Waals surface area contributed by atoms with E-state index in [0.29, 0.717) is 5.92 Å². The molecule has 6 nitrogen and oxygen atoms in total. The molecule has 16 heavy (non-hydrogen) atoms. The quantitative estimate of drug-likeness (QED) is 0.610. The average Bonchev–Trinajstić information content (AvgIpc) is 2.62. The van der Waals surface area contributed by atoms with E-state index in [0.717, 1.165) is 38.0 Å². The third kappa shape index (κ3) is 2.21. The summed E-state index contributed by atoms with van der Waals surface area (Å²) in [5.41, 5.74) is 0.881. The molecule has 0 aromatic carbocycles. The van der Waals surface area contributed by atoms with Crippen molar-refractivity contribution in [3.05, 3.63) is 22.0 Å². The molecule has 1 aliphatic heterocycles. The highest BCUT2D eigenvalue weighted by molar-refractivity contribution is 5.33. The van der Waals surface area contributed by atoms with E-state index in [1.165, 1.54) is 6.20 Å². The van der Waals surface area contributed by atoms with Crippen LogP contribution in [0.25, 0.3) is 0 Å². The maximum absolute atomic E-state index is 10.8. The molecular weight excluding hydrogens is 208 g/mol. The summed E-state index contributed by atoms with van der Waals surface area (Å²) in [4.78, 5) is 10.5. The molecule has 1 aromatic heterocycles. The van der Waals surface area contributed by atoms with Crippen molar-refractivity contribution in [2.45, 2.75) is 19.3 Å². The summed E-state index contributed by atoms with van der Waals surface area (Å²) in [6.45, 7) is 2.01. The van der Waals surface area contributed by atoms with Gasteiger partial charge in [0.05, 0.1) is 4.92 Å². The molecular formula is C10H16N4O2. The third-order valence-electron chi connectivity index (χ3n) is 3.12. The van der Waals surface area contributed by atoms with Gasteiger partial charge in [0.15, 0.2) is 0 Å². The van der Waals surface area contributed by atoms with Crippen LogP contribution >= 0.6 is 0 Å². The number of aromatic nitrogens is 2. The van der Waals surface area contributed by atoms with Gasteiger partial charge in [0, 0.05) is 13.5 Å². The van der Waals surface area contributed by atoms with Crippen molar-refractivity contribution >= 4 is 5.69 Å². The van der Waals surface area contributed by atoms with Crippen LogP contribution in [0.15, 0.2) is 6.20 Å². The molecule has 1 saturated heterocycles. The Bertz CT molecular complexity index is 382. The van der Waals surface area contributed by atoms with Gasteiger partial charge < -0.3 is 5.32 Å². The molecule has 1 aliphatic rings. The molecule has 6 heteroatoms. The Morgan fingerprint density at radius 2 is 2.56 bits per heavy atom. The van der Waals surface area contributed by atoms with Crippen molar-refractivity contribution in [3.63, 3.8) is 0 Å². The Morgan fingerprint density at radius 1 is 1.75 bits per heavy atom. The highest BCUT2D eigenvalue weighted by Gasteiger charge is 2.23. The summed E-state index contributed by atoms with van der Waals surface area (Å²) < 4.78 is 1.62. The Hall–Kier alpha value is -1.43. The summed E-state index contributed by atoms with van der Waals surface area (Å²) in [5, 5.41) is 18.1. The van der Waals surface area contributed by atoms with Crippen LogP contribution in [0.1, 0.15) is 18.5 Å². The number of hydrogen-bond donors (Lipinski definition) is 1. The first-order valence-corrected chi connectivity index (χ1v) is 5.54. The predicted molar refractivity (Wildman–Crippen MR) is 59.2 cm³/mol. The van der Waals surface area contributed by atoms with Gasteiger partial charge >= 0.3 is 5.69 Å². The number of nitro groups is 1. The summed E-state index contributed by atoms with van der Waals surface area (Å²) >= 11 is 0. The minimum atomic E-state index is -0.349. The standard InChI is InChI=1S/C10H16N4O2/c1-13-9(10(7-12-13)14(15)16)5-8-3-2-4-11-6-8/h7-8,11H,2-6H2,1H3. The van der Waals surface area contributed by atoms with Gasteiger partial charge in [-0.15, -0.1) is 0 Å². The first-order valence-electron chi connectivity index (χ1n) is 5.54. The average molecular weight is 224 g/mol. The van der Waals surface area contributed by atoms with Crippen LogP contribution in [0.4, 0.5) is 5.69 Å². The van der Waals surface area contributed by atoms with Gasteiger partial charge in [0.1, 0.15) is 11.9 Å².